The van der Waals surface area contributed by atoms with Gasteiger partial charge in [-0.25, -0.2) is 0 Å². The van der Waals surface area contributed by atoms with E-state index in [-0.39, 0.29) is 0 Å². The molecule has 2 N–H and O–H groups in total. The molecule has 0 bridgehead atoms. The number of unbranched alkanes of at least 4 members (excludes halogenated alkanes) is 26. The predicted octanol–water partition coefficient (Wildman–Crippen LogP) is 13.3. The van der Waals surface area contributed by atoms with Gasteiger partial charge in [0, 0.05) is 18.7 Å². The van der Waals surface area contributed by atoms with Gasteiger partial charge in [0.05, 0.1) is 11.4 Å². The van der Waals surface area contributed by atoms with Crippen LogP contribution < -0.4 is 10.6 Å². The van der Waals surface area contributed by atoms with Crippen molar-refractivity contribution >= 4 is 17.7 Å². The SMILES string of the molecule is CCCCCCCCCCCCCCCCNc1cccc(C=O)c1NCCCCCCCCCCCCCCCC. The van der Waals surface area contributed by atoms with Crippen LogP contribution in [-0.4, -0.2) is 19.4 Å². The minimum Gasteiger partial charge on any atom is -0.383 e. The van der Waals surface area contributed by atoms with Crippen LogP contribution >= 0.6 is 0 Å². The topological polar surface area (TPSA) is 41.1 Å². The van der Waals surface area contributed by atoms with E-state index in [0.29, 0.717) is 0 Å². The number of para-hydroxylation sites is 1. The van der Waals surface area contributed by atoms with Crippen molar-refractivity contribution in [1.82, 2.24) is 0 Å². The molecule has 3 heteroatoms. The van der Waals surface area contributed by atoms with Crippen LogP contribution in [0.5, 0.6) is 0 Å². The number of anilines is 2. The Bertz CT molecular complexity index is 704. The van der Waals surface area contributed by atoms with E-state index in [0.717, 1.165) is 36.3 Å². The van der Waals surface area contributed by atoms with Gasteiger partial charge >= 0.3 is 0 Å². The number of carbonyl (C=O) groups excluding carboxylic acids is 1. The molecule has 42 heavy (non-hydrogen) atoms. The van der Waals surface area contributed by atoms with E-state index >= 15 is 0 Å². The second-order valence-electron chi connectivity index (χ2n) is 12.9. The summed E-state index contributed by atoms with van der Waals surface area (Å²) in [4.78, 5) is 11.7. The molecule has 0 unspecified atom stereocenters. The fourth-order valence-corrected chi connectivity index (χ4v) is 6.09. The smallest absolute Gasteiger partial charge is 0.152 e. The first kappa shape index (κ1) is 38.5. The van der Waals surface area contributed by atoms with Crippen molar-refractivity contribution < 1.29 is 4.79 Å². The Morgan fingerprint density at radius 3 is 1.14 bits per heavy atom. The molecule has 0 aliphatic carbocycles. The molecule has 1 rings (SSSR count). The average Bonchev–Trinajstić information content (AvgIpc) is 3.01. The molecule has 3 nitrogen and oxygen atoms in total. The number of hydrogen-bond acceptors (Lipinski definition) is 3. The van der Waals surface area contributed by atoms with E-state index in [1.54, 1.807) is 0 Å². The van der Waals surface area contributed by atoms with E-state index in [4.69, 9.17) is 0 Å². The van der Waals surface area contributed by atoms with Crippen molar-refractivity contribution in [3.63, 3.8) is 0 Å². The normalized spacial score (nSPS) is 11.2. The van der Waals surface area contributed by atoms with Gasteiger partial charge in [0.25, 0.3) is 0 Å². The van der Waals surface area contributed by atoms with E-state index in [2.05, 4.69) is 30.5 Å². The molecule has 0 aliphatic heterocycles. The second kappa shape index (κ2) is 30.9. The van der Waals surface area contributed by atoms with E-state index in [1.165, 1.54) is 180 Å². The second-order valence-corrected chi connectivity index (χ2v) is 12.9. The lowest BCUT2D eigenvalue weighted by Gasteiger charge is -2.16. The molecule has 244 valence electrons. The molecule has 0 saturated carbocycles. The van der Waals surface area contributed by atoms with Gasteiger partial charge in [-0.1, -0.05) is 187 Å². The lowest BCUT2D eigenvalue weighted by molar-refractivity contribution is 0.112. The highest BCUT2D eigenvalue weighted by atomic mass is 16.1. The summed E-state index contributed by atoms with van der Waals surface area (Å²) in [5.41, 5.74) is 2.85. The van der Waals surface area contributed by atoms with Gasteiger partial charge < -0.3 is 10.6 Å². The molecule has 0 aromatic heterocycles. The van der Waals surface area contributed by atoms with Gasteiger partial charge in [-0.3, -0.25) is 4.79 Å². The summed E-state index contributed by atoms with van der Waals surface area (Å²) in [5, 5.41) is 7.20. The van der Waals surface area contributed by atoms with E-state index in [9.17, 15) is 4.79 Å². The molecule has 0 heterocycles. The highest BCUT2D eigenvalue weighted by Crippen LogP contribution is 2.26. The molecular formula is C39H72N2O. The number of nitrogens with one attached hydrogen (secondary N) is 2. The largest absolute Gasteiger partial charge is 0.383 e. The predicted molar refractivity (Wildman–Crippen MR) is 189 cm³/mol. The molecular weight excluding hydrogens is 512 g/mol. The van der Waals surface area contributed by atoms with Crippen LogP contribution in [0.2, 0.25) is 0 Å². The van der Waals surface area contributed by atoms with E-state index < -0.39 is 0 Å². The molecule has 1 aromatic rings. The lowest BCUT2D eigenvalue weighted by atomic mass is 10.0. The summed E-state index contributed by atoms with van der Waals surface area (Å²) in [5.74, 6) is 0. The zero-order chi connectivity index (χ0) is 30.2. The summed E-state index contributed by atoms with van der Waals surface area (Å²) in [7, 11) is 0. The molecule has 0 saturated heterocycles. The van der Waals surface area contributed by atoms with Crippen LogP contribution in [0, 0.1) is 0 Å². The first-order valence-corrected chi connectivity index (χ1v) is 18.9. The van der Waals surface area contributed by atoms with Crippen molar-refractivity contribution in [2.24, 2.45) is 0 Å². The highest BCUT2D eigenvalue weighted by molar-refractivity contribution is 5.90. The Kier molecular flexibility index (Phi) is 28.4. The summed E-state index contributed by atoms with van der Waals surface area (Å²) in [6.07, 6.45) is 39.7. The first-order chi connectivity index (χ1) is 20.8. The highest BCUT2D eigenvalue weighted by Gasteiger charge is 2.07. The van der Waals surface area contributed by atoms with Crippen LogP contribution in [0.3, 0.4) is 0 Å². The zero-order valence-corrected chi connectivity index (χ0v) is 28.4. The maximum Gasteiger partial charge on any atom is 0.152 e. The van der Waals surface area contributed by atoms with Crippen molar-refractivity contribution in [3.8, 4) is 0 Å². The molecule has 0 radical (unpaired) electrons. The van der Waals surface area contributed by atoms with Gasteiger partial charge in [0.2, 0.25) is 0 Å². The van der Waals surface area contributed by atoms with Gasteiger partial charge in [0.1, 0.15) is 0 Å². The van der Waals surface area contributed by atoms with Crippen LogP contribution in [0.4, 0.5) is 11.4 Å². The van der Waals surface area contributed by atoms with Gasteiger partial charge in [-0.15, -0.1) is 0 Å². The molecule has 0 aliphatic rings. The quantitative estimate of drug-likeness (QED) is 0.0637. The Morgan fingerprint density at radius 2 is 0.786 bits per heavy atom. The molecule has 0 spiro atoms. The number of hydrogen-bond donors (Lipinski definition) is 2. The Morgan fingerprint density at radius 1 is 0.452 bits per heavy atom. The molecule has 0 fully saturated rings. The average molecular weight is 585 g/mol. The third-order valence-electron chi connectivity index (χ3n) is 8.90. The monoisotopic (exact) mass is 585 g/mol. The fourth-order valence-electron chi connectivity index (χ4n) is 6.09. The van der Waals surface area contributed by atoms with Crippen molar-refractivity contribution in [2.75, 3.05) is 23.7 Å². The molecule has 1 aromatic carbocycles. The van der Waals surface area contributed by atoms with Crippen LogP contribution in [-0.2, 0) is 0 Å². The van der Waals surface area contributed by atoms with Crippen molar-refractivity contribution in [2.45, 2.75) is 194 Å². The van der Waals surface area contributed by atoms with Crippen LogP contribution in [0.1, 0.15) is 204 Å². The maximum absolute atomic E-state index is 11.7. The van der Waals surface area contributed by atoms with Crippen LogP contribution in [0.25, 0.3) is 0 Å². The van der Waals surface area contributed by atoms with E-state index in [1.807, 2.05) is 12.1 Å². The third kappa shape index (κ3) is 23.0. The summed E-state index contributed by atoms with van der Waals surface area (Å²) < 4.78 is 0. The standard InChI is InChI=1S/C39H72N2O/c1-3-5-7-9-11-13-15-17-19-21-23-25-27-29-34-40-38-33-31-32-37(36-42)39(38)41-35-30-28-26-24-22-20-18-16-14-12-10-8-6-4-2/h31-33,36,40-41H,3-30,34-35H2,1-2H3. The summed E-state index contributed by atoms with van der Waals surface area (Å²) in [6, 6.07) is 6.04. The molecule has 0 amide bonds. The minimum atomic E-state index is 0.770. The number of aldehydes is 1. The van der Waals surface area contributed by atoms with Gasteiger partial charge in [0.15, 0.2) is 6.29 Å². The summed E-state index contributed by atoms with van der Waals surface area (Å²) in [6.45, 7) is 6.50. The number of rotatable bonds is 33. The number of benzene rings is 1. The van der Waals surface area contributed by atoms with Crippen LogP contribution in [0.15, 0.2) is 18.2 Å². The summed E-state index contributed by atoms with van der Waals surface area (Å²) >= 11 is 0. The number of carbonyl (C=O) groups is 1. The van der Waals surface area contributed by atoms with Crippen molar-refractivity contribution in [3.05, 3.63) is 23.8 Å². The minimum absolute atomic E-state index is 0.770. The lowest BCUT2D eigenvalue weighted by Crippen LogP contribution is -2.09. The van der Waals surface area contributed by atoms with Gasteiger partial charge in [-0.2, -0.15) is 0 Å². The molecule has 0 atom stereocenters. The Hall–Kier alpha value is -1.51. The Balaban J connectivity index is 2.04. The zero-order valence-electron chi connectivity index (χ0n) is 28.4. The fraction of sp³-hybridized carbons (Fsp3) is 0.821. The maximum atomic E-state index is 11.7. The Labute approximate surface area is 263 Å². The van der Waals surface area contributed by atoms with Gasteiger partial charge in [-0.05, 0) is 25.0 Å². The first-order valence-electron chi connectivity index (χ1n) is 18.9. The van der Waals surface area contributed by atoms with Crippen molar-refractivity contribution in [1.29, 1.82) is 0 Å². The third-order valence-corrected chi connectivity index (χ3v) is 8.90.